The predicted octanol–water partition coefficient (Wildman–Crippen LogP) is 2.27. The number of thiazole rings is 1. The summed E-state index contributed by atoms with van der Waals surface area (Å²) in [7, 11) is 0. The van der Waals surface area contributed by atoms with E-state index in [1.165, 1.54) is 0 Å². The van der Waals surface area contributed by atoms with Crippen molar-refractivity contribution in [1.82, 2.24) is 4.98 Å². The van der Waals surface area contributed by atoms with E-state index >= 15 is 0 Å². The predicted molar refractivity (Wildman–Crippen MR) is 70.3 cm³/mol. The van der Waals surface area contributed by atoms with Crippen LogP contribution in [0.1, 0.15) is 21.5 Å². The third-order valence-corrected chi connectivity index (χ3v) is 3.83. The Morgan fingerprint density at radius 3 is 2.78 bits per heavy atom. The zero-order valence-corrected chi connectivity index (χ0v) is 10.9. The van der Waals surface area contributed by atoms with Gasteiger partial charge in [0.25, 0.3) is 0 Å². The number of aromatic nitrogens is 1. The molecule has 1 atom stereocenters. The lowest BCUT2D eigenvalue weighted by Crippen LogP contribution is -2.17. The number of benzene rings is 1. The third-order valence-electron chi connectivity index (χ3n) is 2.83. The highest BCUT2D eigenvalue weighted by molar-refractivity contribution is 7.11. The molecule has 0 spiro atoms. The lowest BCUT2D eigenvalue weighted by Gasteiger charge is -2.20. The van der Waals surface area contributed by atoms with E-state index in [-0.39, 0.29) is 6.04 Å². The van der Waals surface area contributed by atoms with E-state index in [0.717, 1.165) is 26.9 Å². The SMILES string of the molecule is Cc1cnc(C(N)c2ccc3c(c2)OCCO3)s1. The molecule has 1 aliphatic rings. The molecular formula is C13H14N2O2S. The van der Waals surface area contributed by atoms with Crippen LogP contribution in [0.4, 0.5) is 0 Å². The molecule has 1 aromatic carbocycles. The Bertz CT molecular complexity index is 568. The third kappa shape index (κ3) is 2.07. The maximum atomic E-state index is 6.21. The molecule has 0 saturated carbocycles. The van der Waals surface area contributed by atoms with Gasteiger partial charge in [0.05, 0.1) is 6.04 Å². The first-order chi connectivity index (χ1) is 8.74. The Labute approximate surface area is 109 Å². The number of hydrogen-bond acceptors (Lipinski definition) is 5. The van der Waals surface area contributed by atoms with Crippen molar-refractivity contribution in [3.8, 4) is 11.5 Å². The highest BCUT2D eigenvalue weighted by atomic mass is 32.1. The first-order valence-corrected chi connectivity index (χ1v) is 6.63. The zero-order chi connectivity index (χ0) is 12.5. The van der Waals surface area contributed by atoms with E-state index in [9.17, 15) is 0 Å². The van der Waals surface area contributed by atoms with E-state index in [2.05, 4.69) is 4.98 Å². The minimum Gasteiger partial charge on any atom is -0.486 e. The second-order valence-electron chi connectivity index (χ2n) is 4.19. The number of ether oxygens (including phenoxy) is 2. The van der Waals surface area contributed by atoms with Gasteiger partial charge < -0.3 is 15.2 Å². The first-order valence-electron chi connectivity index (χ1n) is 5.81. The van der Waals surface area contributed by atoms with Crippen LogP contribution >= 0.6 is 11.3 Å². The number of rotatable bonds is 2. The molecule has 3 rings (SSSR count). The largest absolute Gasteiger partial charge is 0.486 e. The van der Waals surface area contributed by atoms with Gasteiger partial charge in [-0.3, -0.25) is 0 Å². The Morgan fingerprint density at radius 1 is 1.28 bits per heavy atom. The second-order valence-corrected chi connectivity index (χ2v) is 5.46. The summed E-state index contributed by atoms with van der Waals surface area (Å²) in [6, 6.07) is 5.61. The lowest BCUT2D eigenvalue weighted by atomic mass is 10.1. The van der Waals surface area contributed by atoms with Crippen LogP contribution in [0.3, 0.4) is 0 Å². The maximum Gasteiger partial charge on any atom is 0.161 e. The Morgan fingerprint density at radius 2 is 2.06 bits per heavy atom. The summed E-state index contributed by atoms with van der Waals surface area (Å²) in [6.07, 6.45) is 1.85. The normalized spacial score (nSPS) is 15.4. The van der Waals surface area contributed by atoms with E-state index < -0.39 is 0 Å². The summed E-state index contributed by atoms with van der Waals surface area (Å²) in [4.78, 5) is 5.49. The molecule has 2 heterocycles. The summed E-state index contributed by atoms with van der Waals surface area (Å²) < 4.78 is 11.0. The van der Waals surface area contributed by atoms with Gasteiger partial charge in [-0.25, -0.2) is 4.98 Å². The van der Waals surface area contributed by atoms with Crippen LogP contribution in [0, 0.1) is 6.92 Å². The van der Waals surface area contributed by atoms with E-state index in [4.69, 9.17) is 15.2 Å². The van der Waals surface area contributed by atoms with Crippen molar-refractivity contribution in [2.24, 2.45) is 5.73 Å². The Hall–Kier alpha value is -1.59. The van der Waals surface area contributed by atoms with Gasteiger partial charge in [0.2, 0.25) is 0 Å². The molecule has 2 N–H and O–H groups in total. The van der Waals surface area contributed by atoms with Crippen LogP contribution in [0.25, 0.3) is 0 Å². The van der Waals surface area contributed by atoms with Crippen molar-refractivity contribution >= 4 is 11.3 Å². The highest BCUT2D eigenvalue weighted by Gasteiger charge is 2.17. The maximum absolute atomic E-state index is 6.21. The van der Waals surface area contributed by atoms with Gasteiger partial charge in [-0.2, -0.15) is 0 Å². The van der Waals surface area contributed by atoms with Crippen LogP contribution < -0.4 is 15.2 Å². The quantitative estimate of drug-likeness (QED) is 0.902. The average Bonchev–Trinajstić information content (AvgIpc) is 2.84. The molecule has 1 aliphatic heterocycles. The van der Waals surface area contributed by atoms with Crippen molar-refractivity contribution < 1.29 is 9.47 Å². The van der Waals surface area contributed by atoms with Crippen molar-refractivity contribution in [3.63, 3.8) is 0 Å². The van der Waals surface area contributed by atoms with Gasteiger partial charge >= 0.3 is 0 Å². The minimum atomic E-state index is -0.209. The topological polar surface area (TPSA) is 57.4 Å². The molecule has 18 heavy (non-hydrogen) atoms. The van der Waals surface area contributed by atoms with Crippen LogP contribution in [-0.4, -0.2) is 18.2 Å². The summed E-state index contributed by atoms with van der Waals surface area (Å²) in [5.74, 6) is 1.55. The molecule has 4 nitrogen and oxygen atoms in total. The van der Waals surface area contributed by atoms with Crippen LogP contribution in [0.2, 0.25) is 0 Å². The molecule has 1 aromatic heterocycles. The smallest absolute Gasteiger partial charge is 0.161 e. The fourth-order valence-electron chi connectivity index (χ4n) is 1.91. The number of nitrogens with zero attached hydrogens (tertiary/aromatic N) is 1. The van der Waals surface area contributed by atoms with Crippen LogP contribution in [-0.2, 0) is 0 Å². The molecule has 0 aliphatic carbocycles. The minimum absolute atomic E-state index is 0.209. The fraction of sp³-hybridized carbons (Fsp3) is 0.308. The molecular weight excluding hydrogens is 248 g/mol. The molecule has 5 heteroatoms. The molecule has 0 saturated heterocycles. The molecule has 94 valence electrons. The van der Waals surface area contributed by atoms with Gasteiger partial charge in [0.15, 0.2) is 11.5 Å². The van der Waals surface area contributed by atoms with E-state index in [1.807, 2.05) is 31.3 Å². The Balaban J connectivity index is 1.92. The van der Waals surface area contributed by atoms with E-state index in [1.54, 1.807) is 11.3 Å². The first kappa shape index (κ1) is 11.5. The van der Waals surface area contributed by atoms with Crippen molar-refractivity contribution in [3.05, 3.63) is 39.8 Å². The highest BCUT2D eigenvalue weighted by Crippen LogP contribution is 2.34. The van der Waals surface area contributed by atoms with Crippen molar-refractivity contribution in [2.75, 3.05) is 13.2 Å². The number of hydrogen-bond donors (Lipinski definition) is 1. The number of nitrogens with two attached hydrogens (primary N) is 1. The van der Waals surface area contributed by atoms with Gasteiger partial charge in [-0.15, -0.1) is 11.3 Å². The van der Waals surface area contributed by atoms with Gasteiger partial charge in [0, 0.05) is 11.1 Å². The van der Waals surface area contributed by atoms with Crippen molar-refractivity contribution in [2.45, 2.75) is 13.0 Å². The van der Waals surface area contributed by atoms with E-state index in [0.29, 0.717) is 13.2 Å². The molecule has 1 unspecified atom stereocenters. The lowest BCUT2D eigenvalue weighted by molar-refractivity contribution is 0.171. The zero-order valence-electron chi connectivity index (χ0n) is 10.1. The monoisotopic (exact) mass is 262 g/mol. The average molecular weight is 262 g/mol. The molecule has 0 radical (unpaired) electrons. The van der Waals surface area contributed by atoms with Crippen LogP contribution in [0.15, 0.2) is 24.4 Å². The van der Waals surface area contributed by atoms with Gasteiger partial charge in [-0.1, -0.05) is 6.07 Å². The number of aryl methyl sites for hydroxylation is 1. The number of fused-ring (bicyclic) bond motifs is 1. The molecule has 0 bridgehead atoms. The van der Waals surface area contributed by atoms with Crippen LogP contribution in [0.5, 0.6) is 11.5 Å². The molecule has 2 aromatic rings. The van der Waals surface area contributed by atoms with Crippen molar-refractivity contribution in [1.29, 1.82) is 0 Å². The Kier molecular flexibility index (Phi) is 2.93. The summed E-state index contributed by atoms with van der Waals surface area (Å²) >= 11 is 1.62. The summed E-state index contributed by atoms with van der Waals surface area (Å²) in [5, 5.41) is 0.921. The molecule has 0 amide bonds. The second kappa shape index (κ2) is 4.59. The summed E-state index contributed by atoms with van der Waals surface area (Å²) in [5.41, 5.74) is 7.21. The molecule has 0 fully saturated rings. The van der Waals surface area contributed by atoms with Gasteiger partial charge in [0.1, 0.15) is 18.2 Å². The van der Waals surface area contributed by atoms with Gasteiger partial charge in [-0.05, 0) is 24.6 Å². The fourth-order valence-corrected chi connectivity index (χ4v) is 2.72. The summed E-state index contributed by atoms with van der Waals surface area (Å²) in [6.45, 7) is 3.21. The standard InChI is InChI=1S/C13H14N2O2S/c1-8-7-15-13(18-8)12(14)9-2-3-10-11(6-9)17-5-4-16-10/h2-3,6-7,12H,4-5,14H2,1H3.